The molecule has 2 aliphatic rings. The van der Waals surface area contributed by atoms with Gasteiger partial charge in [-0.2, -0.15) is 5.26 Å². The van der Waals surface area contributed by atoms with Crippen LogP contribution in [0.15, 0.2) is 64.3 Å². The number of rotatable bonds is 7. The van der Waals surface area contributed by atoms with Crippen molar-refractivity contribution < 1.29 is 24.4 Å². The number of nitrogens with zero attached hydrogens (tertiary/aromatic N) is 2. The summed E-state index contributed by atoms with van der Waals surface area (Å²) in [6.45, 7) is 0. The van der Waals surface area contributed by atoms with Gasteiger partial charge < -0.3 is 20.5 Å². The highest BCUT2D eigenvalue weighted by Gasteiger charge is 2.37. The van der Waals surface area contributed by atoms with Gasteiger partial charge in [0.05, 0.1) is 40.4 Å². The highest BCUT2D eigenvalue weighted by molar-refractivity contribution is 8.03. The second-order valence-electron chi connectivity index (χ2n) is 8.12. The number of allylic oxidation sites excluding steroid dienone is 3. The second-order valence-corrected chi connectivity index (χ2v) is 9.11. The Morgan fingerprint density at radius 3 is 2.83 bits per heavy atom. The number of methoxy groups -OCH3 is 1. The third kappa shape index (κ3) is 4.89. The number of phenols is 1. The lowest BCUT2D eigenvalue weighted by Gasteiger charge is -2.33. The molecule has 184 valence electrons. The Morgan fingerprint density at radius 1 is 1.33 bits per heavy atom. The van der Waals surface area contributed by atoms with Crippen molar-refractivity contribution in [3.05, 3.63) is 80.0 Å². The molecule has 0 aromatic heterocycles. The van der Waals surface area contributed by atoms with Crippen LogP contribution in [0.1, 0.15) is 30.7 Å². The first-order chi connectivity index (χ1) is 17.3. The van der Waals surface area contributed by atoms with E-state index in [1.165, 1.54) is 31.4 Å². The fourth-order valence-electron chi connectivity index (χ4n) is 4.31. The van der Waals surface area contributed by atoms with E-state index in [1.807, 2.05) is 0 Å². The summed E-state index contributed by atoms with van der Waals surface area (Å²) in [5.74, 6) is -1.21. The van der Waals surface area contributed by atoms with Crippen molar-refractivity contribution in [2.45, 2.75) is 25.2 Å². The van der Waals surface area contributed by atoms with Crippen LogP contribution >= 0.6 is 11.8 Å². The molecule has 11 heteroatoms. The lowest BCUT2D eigenvalue weighted by atomic mass is 9.77. The summed E-state index contributed by atoms with van der Waals surface area (Å²) in [7, 11) is 1.41. The van der Waals surface area contributed by atoms with Gasteiger partial charge >= 0.3 is 0 Å². The topological polar surface area (TPSA) is 155 Å². The van der Waals surface area contributed by atoms with Crippen LogP contribution < -0.4 is 15.4 Å². The lowest BCUT2D eigenvalue weighted by molar-refractivity contribution is -0.383. The van der Waals surface area contributed by atoms with Crippen LogP contribution in [-0.2, 0) is 9.59 Å². The SMILES string of the molecule is COc1cc([C@H]2C(C#N)=C(SCC(=O)Nc3ccccc3[N+](=O)[O-])NC3=C2C(=O)CCC3)ccc1O. The van der Waals surface area contributed by atoms with Crippen LogP contribution in [0.25, 0.3) is 0 Å². The minimum atomic E-state index is -0.686. The van der Waals surface area contributed by atoms with E-state index in [4.69, 9.17) is 4.74 Å². The van der Waals surface area contributed by atoms with E-state index in [1.54, 1.807) is 18.2 Å². The van der Waals surface area contributed by atoms with Crippen molar-refractivity contribution in [3.63, 3.8) is 0 Å². The molecule has 36 heavy (non-hydrogen) atoms. The number of Topliss-reactive ketones (excluding diaryl/α,β-unsaturated/α-hetero) is 1. The molecule has 0 bridgehead atoms. The maximum Gasteiger partial charge on any atom is 0.292 e. The molecule has 3 N–H and O–H groups in total. The zero-order valence-electron chi connectivity index (χ0n) is 19.2. The number of thioether (sulfide) groups is 1. The Hall–Kier alpha value is -4.30. The molecule has 1 heterocycles. The number of anilines is 1. The lowest BCUT2D eigenvalue weighted by Crippen LogP contribution is -2.31. The molecule has 1 aliphatic heterocycles. The fourth-order valence-corrected chi connectivity index (χ4v) is 5.17. The summed E-state index contributed by atoms with van der Waals surface area (Å²) in [4.78, 5) is 36.2. The number of carbonyl (C=O) groups is 2. The smallest absolute Gasteiger partial charge is 0.292 e. The zero-order valence-corrected chi connectivity index (χ0v) is 20.1. The number of para-hydroxylation sites is 2. The van der Waals surface area contributed by atoms with Gasteiger partial charge in [-0.3, -0.25) is 19.7 Å². The van der Waals surface area contributed by atoms with Gasteiger partial charge in [0, 0.05) is 23.8 Å². The van der Waals surface area contributed by atoms with Crippen LogP contribution in [0.5, 0.6) is 11.5 Å². The third-order valence-corrected chi connectivity index (χ3v) is 6.94. The van der Waals surface area contributed by atoms with E-state index >= 15 is 0 Å². The van der Waals surface area contributed by atoms with E-state index < -0.39 is 16.7 Å². The molecule has 0 unspecified atom stereocenters. The number of aromatic hydroxyl groups is 1. The standard InChI is InChI=1S/C25H22N4O6S/c1-35-21-11-14(9-10-19(21)30)23-15(12-26)25(28-17-6-4-8-20(31)24(17)23)36-13-22(32)27-16-5-2-3-7-18(16)29(33)34/h2-3,5,7,9-11,23,28,30H,4,6,8,13H2,1H3,(H,27,32)/t23-/m0/s1. The molecule has 4 rings (SSSR count). The average molecular weight is 507 g/mol. The van der Waals surface area contributed by atoms with Crippen LogP contribution in [0, 0.1) is 21.4 Å². The Morgan fingerprint density at radius 2 is 2.11 bits per heavy atom. The molecule has 2 aromatic rings. The summed E-state index contributed by atoms with van der Waals surface area (Å²) in [5.41, 5.74) is 1.92. The Kier molecular flexibility index (Phi) is 7.26. The van der Waals surface area contributed by atoms with Gasteiger partial charge in [0.2, 0.25) is 5.91 Å². The highest BCUT2D eigenvalue weighted by Crippen LogP contribution is 2.45. The van der Waals surface area contributed by atoms with Gasteiger partial charge in [-0.05, 0) is 36.6 Å². The predicted octanol–water partition coefficient (Wildman–Crippen LogP) is 4.11. The second kappa shape index (κ2) is 10.5. The molecule has 1 aliphatic carbocycles. The molecule has 0 fully saturated rings. The van der Waals surface area contributed by atoms with Crippen molar-refractivity contribution in [2.24, 2.45) is 0 Å². The van der Waals surface area contributed by atoms with Crippen LogP contribution in [-0.4, -0.2) is 34.6 Å². The number of amides is 1. The van der Waals surface area contributed by atoms with Crippen molar-refractivity contribution in [3.8, 4) is 17.6 Å². The first-order valence-corrected chi connectivity index (χ1v) is 12.0. The van der Waals surface area contributed by atoms with Gasteiger partial charge in [0.15, 0.2) is 17.3 Å². The first-order valence-electron chi connectivity index (χ1n) is 11.0. The molecule has 1 atom stereocenters. The fraction of sp³-hybridized carbons (Fsp3) is 0.240. The minimum Gasteiger partial charge on any atom is -0.504 e. The van der Waals surface area contributed by atoms with E-state index in [2.05, 4.69) is 16.7 Å². The van der Waals surface area contributed by atoms with E-state index in [0.29, 0.717) is 41.1 Å². The van der Waals surface area contributed by atoms with Gasteiger partial charge in [0.25, 0.3) is 5.69 Å². The van der Waals surface area contributed by atoms with Gasteiger partial charge in [-0.1, -0.05) is 30.0 Å². The summed E-state index contributed by atoms with van der Waals surface area (Å²) < 4.78 is 5.23. The number of phenolic OH excluding ortho intramolecular Hbond substituents is 1. The average Bonchev–Trinajstić information content (AvgIpc) is 2.87. The predicted molar refractivity (Wildman–Crippen MR) is 133 cm³/mol. The molecule has 0 saturated heterocycles. The number of hydrogen-bond acceptors (Lipinski definition) is 9. The number of dihydropyridines is 1. The zero-order chi connectivity index (χ0) is 25.8. The monoisotopic (exact) mass is 506 g/mol. The summed E-state index contributed by atoms with van der Waals surface area (Å²) in [6.07, 6.45) is 1.64. The third-order valence-electron chi connectivity index (χ3n) is 5.92. The van der Waals surface area contributed by atoms with Crippen LogP contribution in [0.3, 0.4) is 0 Å². The molecule has 0 spiro atoms. The molecule has 10 nitrogen and oxygen atoms in total. The Bertz CT molecular complexity index is 1360. The Labute approximate surface area is 210 Å². The maximum absolute atomic E-state index is 12.9. The minimum absolute atomic E-state index is 0.0632. The molecule has 0 saturated carbocycles. The van der Waals surface area contributed by atoms with Crippen LogP contribution in [0.2, 0.25) is 0 Å². The number of benzene rings is 2. The normalized spacial score (nSPS) is 17.1. The van der Waals surface area contributed by atoms with Gasteiger partial charge in [-0.15, -0.1) is 0 Å². The van der Waals surface area contributed by atoms with E-state index in [0.717, 1.165) is 11.8 Å². The van der Waals surface area contributed by atoms with Crippen molar-refractivity contribution in [1.29, 1.82) is 5.26 Å². The molecule has 1 amide bonds. The molecule has 0 radical (unpaired) electrons. The maximum atomic E-state index is 12.9. The van der Waals surface area contributed by atoms with Gasteiger partial charge in [-0.25, -0.2) is 0 Å². The molecular formula is C25H22N4O6S. The number of nitro groups is 1. The van der Waals surface area contributed by atoms with Crippen LogP contribution in [0.4, 0.5) is 11.4 Å². The first kappa shape index (κ1) is 24.8. The molecular weight excluding hydrogens is 484 g/mol. The highest BCUT2D eigenvalue weighted by atomic mass is 32.2. The number of hydrogen-bond donors (Lipinski definition) is 3. The van der Waals surface area contributed by atoms with E-state index in [9.17, 15) is 30.1 Å². The number of nitrogens with one attached hydrogen (secondary N) is 2. The largest absolute Gasteiger partial charge is 0.504 e. The quantitative estimate of drug-likeness (QED) is 0.372. The van der Waals surface area contributed by atoms with Crippen molar-refractivity contribution >= 4 is 34.8 Å². The number of nitriles is 1. The summed E-state index contributed by atoms with van der Waals surface area (Å²) in [6, 6.07) is 12.7. The summed E-state index contributed by atoms with van der Waals surface area (Å²) >= 11 is 1.08. The number of carbonyl (C=O) groups excluding carboxylic acids is 2. The van der Waals surface area contributed by atoms with Crippen molar-refractivity contribution in [1.82, 2.24) is 5.32 Å². The Balaban J connectivity index is 1.64. The van der Waals surface area contributed by atoms with E-state index in [-0.39, 0.29) is 40.0 Å². The number of nitro benzene ring substituents is 1. The molecule has 2 aromatic carbocycles. The van der Waals surface area contributed by atoms with Crippen molar-refractivity contribution in [2.75, 3.05) is 18.2 Å². The number of ether oxygens (including phenoxy) is 1. The van der Waals surface area contributed by atoms with Gasteiger partial charge in [0.1, 0.15) is 5.69 Å². The summed E-state index contributed by atoms with van der Waals surface area (Å²) in [5, 5.41) is 37.5. The number of ketones is 1.